The summed E-state index contributed by atoms with van der Waals surface area (Å²) in [6, 6.07) is 5.95. The fourth-order valence-electron chi connectivity index (χ4n) is 1.78. The number of carbonyl (C=O) groups excluding carboxylic acids is 1. The summed E-state index contributed by atoms with van der Waals surface area (Å²) in [5, 5.41) is 14.3. The molecule has 0 radical (unpaired) electrons. The van der Waals surface area contributed by atoms with E-state index in [2.05, 4.69) is 10.5 Å². The van der Waals surface area contributed by atoms with Crippen molar-refractivity contribution < 1.29 is 14.5 Å². The topological polar surface area (TPSA) is 97.1 Å². The van der Waals surface area contributed by atoms with Crippen molar-refractivity contribution in [3.8, 4) is 0 Å². The van der Waals surface area contributed by atoms with Gasteiger partial charge in [-0.3, -0.25) is 20.3 Å². The molecule has 1 N–H and O–H groups in total. The fraction of sp³-hybridized carbons (Fsp3) is 0.333. The number of nitro benzene ring substituents is 1. The van der Waals surface area contributed by atoms with Gasteiger partial charge >= 0.3 is 0 Å². The van der Waals surface area contributed by atoms with Crippen LogP contribution in [0, 0.1) is 10.1 Å². The number of nitrogens with one attached hydrogen (secondary N) is 1. The van der Waals surface area contributed by atoms with Gasteiger partial charge in [-0.15, -0.1) is 0 Å². The molecule has 0 aliphatic carbocycles. The average molecular weight is 313 g/mol. The van der Waals surface area contributed by atoms with Gasteiger partial charge in [-0.25, -0.2) is 0 Å². The standard InChI is InChI=1S/C12H13ClN4O4/c13-11(12(18)16-5-7-21-8-6-16)15-14-9-3-1-2-4-10(9)17(19)20/h1-4,14H,5-8H2. The number of ether oxygens (including phenoxy) is 1. The Morgan fingerprint density at radius 3 is 2.71 bits per heavy atom. The van der Waals surface area contributed by atoms with E-state index in [1.807, 2.05) is 0 Å². The molecule has 1 aliphatic rings. The van der Waals surface area contributed by atoms with E-state index in [9.17, 15) is 14.9 Å². The minimum Gasteiger partial charge on any atom is -0.378 e. The summed E-state index contributed by atoms with van der Waals surface area (Å²) in [6.45, 7) is 1.78. The second-order valence-corrected chi connectivity index (χ2v) is 4.55. The molecule has 1 fully saturated rings. The largest absolute Gasteiger partial charge is 0.378 e. The van der Waals surface area contributed by atoms with Gasteiger partial charge in [-0.1, -0.05) is 23.7 Å². The summed E-state index contributed by atoms with van der Waals surface area (Å²) in [5.41, 5.74) is 2.46. The third-order valence-corrected chi connectivity index (χ3v) is 3.10. The zero-order valence-corrected chi connectivity index (χ0v) is 11.7. The number of nitrogens with zero attached hydrogens (tertiary/aromatic N) is 3. The minimum atomic E-state index is -0.546. The molecule has 0 unspecified atom stereocenters. The first kappa shape index (κ1) is 15.2. The molecule has 1 aliphatic heterocycles. The lowest BCUT2D eigenvalue weighted by Gasteiger charge is -2.25. The molecule has 1 saturated heterocycles. The number of hydrogen-bond donors (Lipinski definition) is 1. The Labute approximate surface area is 125 Å². The Bertz CT molecular complexity index is 572. The number of hydrogen-bond acceptors (Lipinski definition) is 6. The lowest BCUT2D eigenvalue weighted by Crippen LogP contribution is -2.43. The van der Waals surface area contributed by atoms with Crippen molar-refractivity contribution in [3.05, 3.63) is 34.4 Å². The van der Waals surface area contributed by atoms with Crippen LogP contribution in [0.15, 0.2) is 29.4 Å². The number of rotatable bonds is 4. The molecular weight excluding hydrogens is 300 g/mol. The Morgan fingerprint density at radius 2 is 2.05 bits per heavy atom. The highest BCUT2D eigenvalue weighted by Crippen LogP contribution is 2.23. The normalized spacial score (nSPS) is 15.7. The van der Waals surface area contributed by atoms with Crippen LogP contribution in [0.5, 0.6) is 0 Å². The maximum atomic E-state index is 12.0. The number of para-hydroxylation sites is 2. The summed E-state index contributed by atoms with van der Waals surface area (Å²) in [6.07, 6.45) is 0. The van der Waals surface area contributed by atoms with Gasteiger partial charge in [0, 0.05) is 19.2 Å². The van der Waals surface area contributed by atoms with Crippen LogP contribution in [0.3, 0.4) is 0 Å². The SMILES string of the molecule is O=C(C(Cl)=NNc1ccccc1[N+](=O)[O-])N1CCOCC1. The Hall–Kier alpha value is -2.19. The molecule has 0 spiro atoms. The first-order chi connectivity index (χ1) is 10.1. The number of morpholine rings is 1. The first-order valence-corrected chi connectivity index (χ1v) is 6.57. The van der Waals surface area contributed by atoms with Crippen LogP contribution < -0.4 is 5.43 Å². The molecule has 9 heteroatoms. The molecule has 8 nitrogen and oxygen atoms in total. The molecule has 112 valence electrons. The maximum Gasteiger partial charge on any atom is 0.294 e. The van der Waals surface area contributed by atoms with Gasteiger partial charge in [0.1, 0.15) is 5.69 Å². The zero-order chi connectivity index (χ0) is 15.2. The van der Waals surface area contributed by atoms with E-state index in [4.69, 9.17) is 16.3 Å². The van der Waals surface area contributed by atoms with Crippen LogP contribution in [0.25, 0.3) is 0 Å². The van der Waals surface area contributed by atoms with Crippen molar-refractivity contribution in [3.63, 3.8) is 0 Å². The van der Waals surface area contributed by atoms with Crippen LogP contribution in [0.4, 0.5) is 11.4 Å². The van der Waals surface area contributed by atoms with E-state index in [-0.39, 0.29) is 16.5 Å². The van der Waals surface area contributed by atoms with E-state index < -0.39 is 10.8 Å². The van der Waals surface area contributed by atoms with E-state index in [0.29, 0.717) is 26.3 Å². The van der Waals surface area contributed by atoms with E-state index >= 15 is 0 Å². The Balaban J connectivity index is 2.06. The highest BCUT2D eigenvalue weighted by molar-refractivity contribution is 6.82. The van der Waals surface area contributed by atoms with Crippen LogP contribution in [-0.4, -0.2) is 47.2 Å². The molecule has 1 aromatic carbocycles. The molecule has 1 heterocycles. The van der Waals surface area contributed by atoms with Gasteiger partial charge < -0.3 is 9.64 Å². The van der Waals surface area contributed by atoms with E-state index in [0.717, 1.165) is 0 Å². The molecule has 0 aromatic heterocycles. The van der Waals surface area contributed by atoms with Crippen LogP contribution in [-0.2, 0) is 9.53 Å². The van der Waals surface area contributed by atoms with Gasteiger partial charge in [-0.2, -0.15) is 5.10 Å². The lowest BCUT2D eigenvalue weighted by atomic mass is 10.3. The van der Waals surface area contributed by atoms with Crippen LogP contribution in [0.1, 0.15) is 0 Å². The number of halogens is 1. The zero-order valence-electron chi connectivity index (χ0n) is 11.0. The van der Waals surface area contributed by atoms with Gasteiger partial charge in [0.15, 0.2) is 0 Å². The van der Waals surface area contributed by atoms with Crippen molar-refractivity contribution in [2.24, 2.45) is 5.10 Å². The smallest absolute Gasteiger partial charge is 0.294 e. The van der Waals surface area contributed by atoms with Gasteiger partial charge in [0.05, 0.1) is 18.1 Å². The molecule has 0 bridgehead atoms. The number of carbonyl (C=O) groups is 1. The van der Waals surface area contributed by atoms with Crippen molar-refractivity contribution in [2.75, 3.05) is 31.7 Å². The fourth-order valence-corrected chi connectivity index (χ4v) is 1.94. The van der Waals surface area contributed by atoms with Gasteiger partial charge in [0.25, 0.3) is 11.6 Å². The number of benzene rings is 1. The quantitative estimate of drug-likeness (QED) is 0.515. The molecule has 1 amide bonds. The summed E-state index contributed by atoms with van der Waals surface area (Å²) in [5.74, 6) is -0.439. The van der Waals surface area contributed by atoms with Crippen molar-refractivity contribution in [2.45, 2.75) is 0 Å². The predicted octanol–water partition coefficient (Wildman–Crippen LogP) is 1.42. The molecular formula is C12H13ClN4O4. The number of nitro groups is 1. The summed E-state index contributed by atoms with van der Waals surface area (Å²) in [7, 11) is 0. The molecule has 2 rings (SSSR count). The summed E-state index contributed by atoms with van der Waals surface area (Å²) in [4.78, 5) is 23.8. The molecule has 21 heavy (non-hydrogen) atoms. The van der Waals surface area contributed by atoms with E-state index in [1.54, 1.807) is 6.07 Å². The molecule has 0 saturated carbocycles. The number of anilines is 1. The highest BCUT2D eigenvalue weighted by atomic mass is 35.5. The second-order valence-electron chi connectivity index (χ2n) is 4.19. The third kappa shape index (κ3) is 3.89. The van der Waals surface area contributed by atoms with E-state index in [1.165, 1.54) is 23.1 Å². The summed E-state index contributed by atoms with van der Waals surface area (Å²) < 4.78 is 5.13. The van der Waals surface area contributed by atoms with Crippen LogP contribution in [0.2, 0.25) is 0 Å². The second kappa shape index (κ2) is 7.00. The third-order valence-electron chi connectivity index (χ3n) is 2.85. The maximum absolute atomic E-state index is 12.0. The first-order valence-electron chi connectivity index (χ1n) is 6.19. The minimum absolute atomic E-state index is 0.149. The lowest BCUT2D eigenvalue weighted by molar-refractivity contribution is -0.384. The molecule has 1 aromatic rings. The summed E-state index contributed by atoms with van der Waals surface area (Å²) >= 11 is 5.83. The van der Waals surface area contributed by atoms with Crippen molar-refractivity contribution >= 4 is 34.1 Å². The van der Waals surface area contributed by atoms with Crippen molar-refractivity contribution in [1.82, 2.24) is 4.90 Å². The van der Waals surface area contributed by atoms with Crippen LogP contribution >= 0.6 is 11.6 Å². The van der Waals surface area contributed by atoms with Gasteiger partial charge in [-0.05, 0) is 6.07 Å². The van der Waals surface area contributed by atoms with Gasteiger partial charge in [0.2, 0.25) is 5.17 Å². The number of hydrazone groups is 1. The average Bonchev–Trinajstić information content (AvgIpc) is 2.52. The Kier molecular flexibility index (Phi) is 5.07. The molecule has 0 atom stereocenters. The number of amides is 1. The highest BCUT2D eigenvalue weighted by Gasteiger charge is 2.21. The monoisotopic (exact) mass is 312 g/mol. The van der Waals surface area contributed by atoms with Crippen molar-refractivity contribution in [1.29, 1.82) is 0 Å². The Morgan fingerprint density at radius 1 is 1.38 bits per heavy atom. The predicted molar refractivity (Wildman–Crippen MR) is 77.4 cm³/mol.